The number of aliphatic hydroxyl groups excluding tert-OH is 1. The molecular weight excluding hydrogens is 268 g/mol. The number of ether oxygens (including phenoxy) is 1. The summed E-state index contributed by atoms with van der Waals surface area (Å²) in [5, 5.41) is 9.24. The van der Waals surface area contributed by atoms with Crippen LogP contribution >= 0.6 is 0 Å². The molecule has 0 amide bonds. The molecular formula is C12H20N2O4S. The average molecular weight is 288 g/mol. The summed E-state index contributed by atoms with van der Waals surface area (Å²) in [4.78, 5) is 0. The highest BCUT2D eigenvalue weighted by Gasteiger charge is 2.10. The molecule has 19 heavy (non-hydrogen) atoms. The van der Waals surface area contributed by atoms with E-state index in [1.165, 1.54) is 0 Å². The van der Waals surface area contributed by atoms with Crippen LogP contribution in [0.15, 0.2) is 18.2 Å². The monoisotopic (exact) mass is 288 g/mol. The lowest BCUT2D eigenvalue weighted by molar-refractivity contribution is 0.267. The van der Waals surface area contributed by atoms with Crippen LogP contribution in [0.2, 0.25) is 0 Å². The Bertz CT molecular complexity index is 502. The largest absolute Gasteiger partial charge is 0.494 e. The highest BCUT2D eigenvalue weighted by Crippen LogP contribution is 2.23. The lowest BCUT2D eigenvalue weighted by atomic mass is 10.2. The van der Waals surface area contributed by atoms with Gasteiger partial charge >= 0.3 is 0 Å². The number of benzene rings is 1. The van der Waals surface area contributed by atoms with Crippen molar-refractivity contribution >= 4 is 15.9 Å². The predicted octanol–water partition coefficient (Wildman–Crippen LogP) is 1.23. The maximum absolute atomic E-state index is 11.7. The average Bonchev–Trinajstić information content (AvgIpc) is 2.38. The molecule has 7 heteroatoms. The van der Waals surface area contributed by atoms with Gasteiger partial charge in [0.25, 0.3) is 10.2 Å². The Morgan fingerprint density at radius 1 is 1.32 bits per heavy atom. The molecule has 0 unspecified atom stereocenters. The van der Waals surface area contributed by atoms with Crippen LogP contribution in [-0.2, 0) is 16.8 Å². The molecule has 3 N–H and O–H groups in total. The number of anilines is 1. The van der Waals surface area contributed by atoms with Gasteiger partial charge in [-0.15, -0.1) is 0 Å². The van der Waals surface area contributed by atoms with Crippen molar-refractivity contribution in [1.82, 2.24) is 4.72 Å². The van der Waals surface area contributed by atoms with Crippen LogP contribution in [0.1, 0.15) is 25.8 Å². The lowest BCUT2D eigenvalue weighted by Gasteiger charge is -2.12. The van der Waals surface area contributed by atoms with Crippen molar-refractivity contribution in [3.05, 3.63) is 23.8 Å². The first-order chi connectivity index (χ1) is 9.02. The summed E-state index contributed by atoms with van der Waals surface area (Å²) in [6.45, 7) is 4.36. The SMILES string of the molecule is CCCNS(=O)(=O)Nc1ccc(OCC)c(CO)c1. The van der Waals surface area contributed by atoms with Gasteiger partial charge in [0.2, 0.25) is 0 Å². The van der Waals surface area contributed by atoms with Gasteiger partial charge in [0.15, 0.2) is 0 Å². The second kappa shape index (κ2) is 7.32. The maximum Gasteiger partial charge on any atom is 0.299 e. The number of aliphatic hydroxyl groups is 1. The molecule has 0 atom stereocenters. The summed E-state index contributed by atoms with van der Waals surface area (Å²) < 4.78 is 33.4. The van der Waals surface area contributed by atoms with Crippen molar-refractivity contribution in [2.24, 2.45) is 0 Å². The van der Waals surface area contributed by atoms with E-state index in [0.717, 1.165) is 0 Å². The summed E-state index contributed by atoms with van der Waals surface area (Å²) in [6.07, 6.45) is 0.714. The van der Waals surface area contributed by atoms with Crippen LogP contribution in [-0.4, -0.2) is 26.7 Å². The van der Waals surface area contributed by atoms with Crippen LogP contribution in [0.25, 0.3) is 0 Å². The molecule has 0 aliphatic heterocycles. The molecule has 0 bridgehead atoms. The fourth-order valence-corrected chi connectivity index (χ4v) is 2.47. The molecule has 0 aliphatic carbocycles. The molecule has 1 aromatic carbocycles. The van der Waals surface area contributed by atoms with Crippen molar-refractivity contribution in [2.45, 2.75) is 26.9 Å². The highest BCUT2D eigenvalue weighted by molar-refractivity contribution is 7.90. The molecule has 0 saturated carbocycles. The van der Waals surface area contributed by atoms with E-state index in [-0.39, 0.29) is 6.61 Å². The second-order valence-corrected chi connectivity index (χ2v) is 5.41. The summed E-state index contributed by atoms with van der Waals surface area (Å²) in [7, 11) is -3.57. The Hall–Kier alpha value is -1.31. The van der Waals surface area contributed by atoms with Crippen molar-refractivity contribution in [3.63, 3.8) is 0 Å². The van der Waals surface area contributed by atoms with Gasteiger partial charge in [0.1, 0.15) is 5.75 Å². The van der Waals surface area contributed by atoms with E-state index in [1.807, 2.05) is 13.8 Å². The fourth-order valence-electron chi connectivity index (χ4n) is 1.49. The molecule has 0 fully saturated rings. The molecule has 0 radical (unpaired) electrons. The number of hydrogen-bond acceptors (Lipinski definition) is 4. The second-order valence-electron chi connectivity index (χ2n) is 3.91. The molecule has 6 nitrogen and oxygen atoms in total. The first kappa shape index (κ1) is 15.7. The molecule has 0 saturated heterocycles. The van der Waals surface area contributed by atoms with Crippen molar-refractivity contribution in [2.75, 3.05) is 17.9 Å². The first-order valence-corrected chi connectivity index (χ1v) is 7.64. The number of nitrogens with one attached hydrogen (secondary N) is 2. The number of rotatable bonds is 8. The van der Waals surface area contributed by atoms with E-state index in [4.69, 9.17) is 4.74 Å². The van der Waals surface area contributed by atoms with E-state index < -0.39 is 10.2 Å². The van der Waals surface area contributed by atoms with Crippen molar-refractivity contribution in [3.8, 4) is 5.75 Å². The molecule has 0 aromatic heterocycles. The van der Waals surface area contributed by atoms with E-state index in [2.05, 4.69) is 9.44 Å². The summed E-state index contributed by atoms with van der Waals surface area (Å²) in [5.41, 5.74) is 0.925. The topological polar surface area (TPSA) is 87.7 Å². The van der Waals surface area contributed by atoms with Gasteiger partial charge in [-0.2, -0.15) is 13.1 Å². The molecule has 1 aromatic rings. The Morgan fingerprint density at radius 3 is 2.63 bits per heavy atom. The zero-order valence-corrected chi connectivity index (χ0v) is 12.0. The van der Waals surface area contributed by atoms with Gasteiger partial charge in [0, 0.05) is 12.1 Å². The van der Waals surface area contributed by atoms with E-state index >= 15 is 0 Å². The van der Waals surface area contributed by atoms with E-state index in [1.54, 1.807) is 18.2 Å². The van der Waals surface area contributed by atoms with Gasteiger partial charge in [0.05, 0.1) is 18.9 Å². The number of hydrogen-bond donors (Lipinski definition) is 3. The third-order valence-electron chi connectivity index (χ3n) is 2.32. The van der Waals surface area contributed by atoms with Crippen LogP contribution in [0.5, 0.6) is 5.75 Å². The van der Waals surface area contributed by atoms with Gasteiger partial charge in [-0.25, -0.2) is 0 Å². The maximum atomic E-state index is 11.7. The van der Waals surface area contributed by atoms with Gasteiger partial charge < -0.3 is 9.84 Å². The quantitative estimate of drug-likeness (QED) is 0.671. The van der Waals surface area contributed by atoms with Crippen LogP contribution in [0.4, 0.5) is 5.69 Å². The summed E-state index contributed by atoms with van der Waals surface area (Å²) in [6, 6.07) is 4.78. The van der Waals surface area contributed by atoms with Crippen LogP contribution in [0.3, 0.4) is 0 Å². The zero-order chi connectivity index (χ0) is 14.3. The van der Waals surface area contributed by atoms with E-state index in [9.17, 15) is 13.5 Å². The molecule has 1 rings (SSSR count). The molecule has 0 spiro atoms. The minimum atomic E-state index is -3.57. The zero-order valence-electron chi connectivity index (χ0n) is 11.1. The summed E-state index contributed by atoms with van der Waals surface area (Å²) >= 11 is 0. The Labute approximate surface area is 114 Å². The third-order valence-corrected chi connectivity index (χ3v) is 3.41. The van der Waals surface area contributed by atoms with Gasteiger partial charge in [-0.3, -0.25) is 4.72 Å². The van der Waals surface area contributed by atoms with Gasteiger partial charge in [-0.05, 0) is 31.5 Å². The van der Waals surface area contributed by atoms with Crippen molar-refractivity contribution in [1.29, 1.82) is 0 Å². The standard InChI is InChI=1S/C12H20N2O4S/c1-3-7-13-19(16,17)14-11-5-6-12(18-4-2)10(8-11)9-15/h5-6,8,13-15H,3-4,7,9H2,1-2H3. The molecule has 0 aliphatic rings. The Kier molecular flexibility index (Phi) is 6.07. The Balaban J connectivity index is 2.85. The van der Waals surface area contributed by atoms with E-state index in [0.29, 0.717) is 36.6 Å². The van der Waals surface area contributed by atoms with Crippen LogP contribution in [0, 0.1) is 0 Å². The lowest BCUT2D eigenvalue weighted by Crippen LogP contribution is -2.30. The predicted molar refractivity (Wildman–Crippen MR) is 74.4 cm³/mol. The molecule has 108 valence electrons. The third kappa shape index (κ3) is 5.06. The smallest absolute Gasteiger partial charge is 0.299 e. The summed E-state index contributed by atoms with van der Waals surface area (Å²) in [5.74, 6) is 0.550. The minimum Gasteiger partial charge on any atom is -0.494 e. The molecule has 0 heterocycles. The normalized spacial score (nSPS) is 11.3. The van der Waals surface area contributed by atoms with Crippen LogP contribution < -0.4 is 14.2 Å². The Morgan fingerprint density at radius 2 is 2.05 bits per heavy atom. The minimum absolute atomic E-state index is 0.215. The first-order valence-electron chi connectivity index (χ1n) is 6.16. The van der Waals surface area contributed by atoms with Crippen molar-refractivity contribution < 1.29 is 18.3 Å². The fraction of sp³-hybridized carbons (Fsp3) is 0.500. The van der Waals surface area contributed by atoms with Gasteiger partial charge in [-0.1, -0.05) is 6.92 Å². The highest BCUT2D eigenvalue weighted by atomic mass is 32.2.